The van der Waals surface area contributed by atoms with Gasteiger partial charge in [-0.1, -0.05) is 48.6 Å². The van der Waals surface area contributed by atoms with Gasteiger partial charge in [-0.05, 0) is 67.0 Å². The van der Waals surface area contributed by atoms with Crippen molar-refractivity contribution in [3.8, 4) is 0 Å². The van der Waals surface area contributed by atoms with Gasteiger partial charge in [-0.2, -0.15) is 0 Å². The highest BCUT2D eigenvalue weighted by molar-refractivity contribution is 5.85. The second-order valence-corrected chi connectivity index (χ2v) is 7.19. The first-order valence-electron chi connectivity index (χ1n) is 8.85. The van der Waals surface area contributed by atoms with Crippen molar-refractivity contribution in [2.45, 2.75) is 33.6 Å². The minimum absolute atomic E-state index is 0.221. The zero-order valence-electron chi connectivity index (χ0n) is 14.6. The van der Waals surface area contributed by atoms with Crippen LogP contribution in [0.1, 0.15) is 41.2 Å². The van der Waals surface area contributed by atoms with Gasteiger partial charge in [0.1, 0.15) is 5.76 Å². The maximum Gasteiger partial charge on any atom is 0.122 e. The molecule has 0 saturated carbocycles. The Balaban J connectivity index is 2.02. The molecule has 0 bridgehead atoms. The summed E-state index contributed by atoms with van der Waals surface area (Å²) in [5.41, 5.74) is 8.67. The molecule has 0 radical (unpaired) electrons. The quantitative estimate of drug-likeness (QED) is 0.689. The Morgan fingerprint density at radius 1 is 1.08 bits per heavy atom. The van der Waals surface area contributed by atoms with E-state index in [2.05, 4.69) is 62.4 Å². The largest absolute Gasteiger partial charge is 0.507 e. The molecule has 0 saturated heterocycles. The standard InChI is InChI=1S/C23H24O/c1-14-12-17-8-4-6-10-19(17)21(16(14)3)22-20-11-7-5-9-18(20)13-15(2)23(22)24/h5-7,9-13,18,20,24H,4,8H2,1-3H3/t18-,20?/m1/s1. The van der Waals surface area contributed by atoms with Gasteiger partial charge in [-0.3, -0.25) is 0 Å². The Labute approximate surface area is 144 Å². The second kappa shape index (κ2) is 5.66. The van der Waals surface area contributed by atoms with E-state index < -0.39 is 0 Å². The fourth-order valence-corrected chi connectivity index (χ4v) is 4.29. The number of fused-ring (bicyclic) bond motifs is 2. The fraction of sp³-hybridized carbons (Fsp3) is 0.304. The molecule has 1 nitrogen and oxygen atoms in total. The van der Waals surface area contributed by atoms with Gasteiger partial charge < -0.3 is 5.11 Å². The number of aliphatic hydroxyl groups excluding tert-OH is 1. The molecule has 0 fully saturated rings. The summed E-state index contributed by atoms with van der Waals surface area (Å²) < 4.78 is 0. The molecule has 0 aromatic heterocycles. The van der Waals surface area contributed by atoms with Gasteiger partial charge in [0.2, 0.25) is 0 Å². The summed E-state index contributed by atoms with van der Waals surface area (Å²) in [6, 6.07) is 2.33. The maximum atomic E-state index is 11.0. The lowest BCUT2D eigenvalue weighted by Gasteiger charge is -2.33. The zero-order valence-corrected chi connectivity index (χ0v) is 14.6. The van der Waals surface area contributed by atoms with Crippen LogP contribution >= 0.6 is 0 Å². The first kappa shape index (κ1) is 15.3. The van der Waals surface area contributed by atoms with E-state index in [1.165, 1.54) is 27.8 Å². The fourth-order valence-electron chi connectivity index (χ4n) is 4.29. The highest BCUT2D eigenvalue weighted by Gasteiger charge is 2.32. The first-order valence-corrected chi connectivity index (χ1v) is 8.85. The Morgan fingerprint density at radius 2 is 1.88 bits per heavy atom. The molecule has 1 heteroatoms. The molecule has 122 valence electrons. The molecule has 0 heterocycles. The molecule has 0 amide bonds. The molecular formula is C23H24O. The van der Waals surface area contributed by atoms with Crippen molar-refractivity contribution < 1.29 is 5.11 Å². The molecule has 2 atom stereocenters. The van der Waals surface area contributed by atoms with Crippen LogP contribution in [0, 0.1) is 25.7 Å². The van der Waals surface area contributed by atoms with E-state index in [9.17, 15) is 5.11 Å². The van der Waals surface area contributed by atoms with Crippen LogP contribution in [-0.2, 0) is 6.42 Å². The van der Waals surface area contributed by atoms with E-state index in [-0.39, 0.29) is 5.92 Å². The maximum absolute atomic E-state index is 11.0. The lowest BCUT2D eigenvalue weighted by molar-refractivity contribution is 0.412. The molecule has 1 aromatic rings. The predicted octanol–water partition coefficient (Wildman–Crippen LogP) is 5.85. The SMILES string of the molecule is CC1=C[C@H]2C=CC=CC2C(c2c(C)c(C)cc3c2C=CCC3)=C1O. The Bertz CT molecular complexity index is 859. The predicted molar refractivity (Wildman–Crippen MR) is 102 cm³/mol. The summed E-state index contributed by atoms with van der Waals surface area (Å²) in [5, 5.41) is 11.0. The molecule has 1 unspecified atom stereocenters. The van der Waals surface area contributed by atoms with Gasteiger partial charge in [0.05, 0.1) is 0 Å². The molecule has 0 aliphatic heterocycles. The van der Waals surface area contributed by atoms with Crippen molar-refractivity contribution in [2.75, 3.05) is 0 Å². The van der Waals surface area contributed by atoms with Crippen LogP contribution in [0.3, 0.4) is 0 Å². The Kier molecular flexibility index (Phi) is 3.60. The summed E-state index contributed by atoms with van der Waals surface area (Å²) in [7, 11) is 0. The van der Waals surface area contributed by atoms with Gasteiger partial charge >= 0.3 is 0 Å². The minimum atomic E-state index is 0.221. The third-order valence-electron chi connectivity index (χ3n) is 5.69. The molecule has 24 heavy (non-hydrogen) atoms. The summed E-state index contributed by atoms with van der Waals surface area (Å²) in [5.74, 6) is 1.02. The van der Waals surface area contributed by atoms with Crippen LogP contribution in [0.15, 0.2) is 53.9 Å². The average Bonchev–Trinajstić information content (AvgIpc) is 2.58. The minimum Gasteiger partial charge on any atom is -0.507 e. The third-order valence-corrected chi connectivity index (χ3v) is 5.69. The van der Waals surface area contributed by atoms with Crippen LogP contribution in [0.2, 0.25) is 0 Å². The highest BCUT2D eigenvalue weighted by Crippen LogP contribution is 2.45. The molecule has 4 rings (SSSR count). The number of rotatable bonds is 1. The van der Waals surface area contributed by atoms with Crippen molar-refractivity contribution in [1.29, 1.82) is 0 Å². The smallest absolute Gasteiger partial charge is 0.122 e. The molecule has 1 aromatic carbocycles. The topological polar surface area (TPSA) is 20.2 Å². The molecule has 0 spiro atoms. The summed E-state index contributed by atoms with van der Waals surface area (Å²) in [4.78, 5) is 0. The van der Waals surface area contributed by atoms with Crippen molar-refractivity contribution in [3.05, 3.63) is 81.7 Å². The Hall–Kier alpha value is -2.28. The lowest BCUT2D eigenvalue weighted by atomic mass is 9.71. The number of benzene rings is 1. The lowest BCUT2D eigenvalue weighted by Crippen LogP contribution is -2.21. The number of hydrogen-bond donors (Lipinski definition) is 1. The van der Waals surface area contributed by atoms with E-state index in [0.717, 1.165) is 24.0 Å². The van der Waals surface area contributed by atoms with Crippen molar-refractivity contribution in [3.63, 3.8) is 0 Å². The van der Waals surface area contributed by atoms with Gasteiger partial charge in [0, 0.05) is 17.4 Å². The second-order valence-electron chi connectivity index (χ2n) is 7.19. The van der Waals surface area contributed by atoms with Crippen LogP contribution in [0.5, 0.6) is 0 Å². The van der Waals surface area contributed by atoms with Crippen LogP contribution in [0.4, 0.5) is 0 Å². The van der Waals surface area contributed by atoms with E-state index in [1.807, 2.05) is 6.92 Å². The average molecular weight is 316 g/mol. The van der Waals surface area contributed by atoms with Gasteiger partial charge in [-0.15, -0.1) is 0 Å². The van der Waals surface area contributed by atoms with Crippen LogP contribution < -0.4 is 0 Å². The number of hydrogen-bond acceptors (Lipinski definition) is 1. The monoisotopic (exact) mass is 316 g/mol. The normalized spacial score (nSPS) is 24.7. The van der Waals surface area contributed by atoms with Crippen LogP contribution in [0.25, 0.3) is 11.6 Å². The third kappa shape index (κ3) is 2.23. The van der Waals surface area contributed by atoms with E-state index >= 15 is 0 Å². The van der Waals surface area contributed by atoms with Crippen LogP contribution in [-0.4, -0.2) is 5.11 Å². The first-order chi connectivity index (χ1) is 11.6. The van der Waals surface area contributed by atoms with Crippen molar-refractivity contribution in [2.24, 2.45) is 11.8 Å². The van der Waals surface area contributed by atoms with E-state index in [0.29, 0.717) is 11.7 Å². The number of aliphatic hydroxyl groups is 1. The molecule has 1 N–H and O–H groups in total. The van der Waals surface area contributed by atoms with Gasteiger partial charge in [0.15, 0.2) is 0 Å². The van der Waals surface area contributed by atoms with Gasteiger partial charge in [-0.25, -0.2) is 0 Å². The van der Waals surface area contributed by atoms with Crippen molar-refractivity contribution in [1.82, 2.24) is 0 Å². The zero-order chi connectivity index (χ0) is 16.8. The Morgan fingerprint density at radius 3 is 2.71 bits per heavy atom. The highest BCUT2D eigenvalue weighted by atomic mass is 16.3. The summed E-state index contributed by atoms with van der Waals surface area (Å²) in [6.45, 7) is 6.40. The van der Waals surface area contributed by atoms with Crippen molar-refractivity contribution >= 4 is 11.6 Å². The van der Waals surface area contributed by atoms with E-state index in [1.54, 1.807) is 0 Å². The molecule has 3 aliphatic rings. The number of allylic oxidation sites excluding steroid dienone is 8. The molecular weight excluding hydrogens is 292 g/mol. The summed E-state index contributed by atoms with van der Waals surface area (Å²) in [6.07, 6.45) is 17.6. The van der Waals surface area contributed by atoms with E-state index in [4.69, 9.17) is 0 Å². The molecule has 3 aliphatic carbocycles. The number of aryl methyl sites for hydroxylation is 2. The summed E-state index contributed by atoms with van der Waals surface area (Å²) >= 11 is 0. The van der Waals surface area contributed by atoms with Gasteiger partial charge in [0.25, 0.3) is 0 Å².